The zero-order valence-electron chi connectivity index (χ0n) is 17.0. The van der Waals surface area contributed by atoms with E-state index in [2.05, 4.69) is 15.5 Å². The third kappa shape index (κ3) is 4.86. The average molecular weight is 397 g/mol. The average Bonchev–Trinajstić information content (AvgIpc) is 3.20. The Kier molecular flexibility index (Phi) is 6.72. The Hall–Kier alpha value is -3.06. The van der Waals surface area contributed by atoms with Crippen LogP contribution in [0.2, 0.25) is 0 Å². The third-order valence-corrected chi connectivity index (χ3v) is 5.17. The molecule has 1 fully saturated rings. The molecule has 154 valence electrons. The number of benzene rings is 2. The Bertz CT molecular complexity index is 867. The molecule has 0 spiro atoms. The van der Waals surface area contributed by atoms with Crippen LogP contribution in [0.15, 0.2) is 42.5 Å². The monoisotopic (exact) mass is 397 g/mol. The van der Waals surface area contributed by atoms with E-state index in [1.807, 2.05) is 18.2 Å². The maximum absolute atomic E-state index is 12.6. The number of hydrogen-bond acceptors (Lipinski definition) is 5. The van der Waals surface area contributed by atoms with Crippen LogP contribution in [0.3, 0.4) is 0 Å². The lowest BCUT2D eigenvalue weighted by Crippen LogP contribution is -2.33. The molecule has 0 saturated carbocycles. The maximum Gasteiger partial charge on any atom is 0.251 e. The Balaban J connectivity index is 1.66. The first-order chi connectivity index (χ1) is 14.0. The van der Waals surface area contributed by atoms with Crippen molar-refractivity contribution in [2.75, 3.05) is 39.7 Å². The molecule has 7 heteroatoms. The van der Waals surface area contributed by atoms with Crippen molar-refractivity contribution < 1.29 is 19.1 Å². The van der Waals surface area contributed by atoms with Crippen LogP contribution in [-0.2, 0) is 4.79 Å². The highest BCUT2D eigenvalue weighted by Gasteiger charge is 2.29. The van der Waals surface area contributed by atoms with Gasteiger partial charge in [-0.3, -0.25) is 14.5 Å². The van der Waals surface area contributed by atoms with Crippen LogP contribution in [0, 0.1) is 0 Å². The van der Waals surface area contributed by atoms with Crippen LogP contribution in [0.1, 0.15) is 34.8 Å². The highest BCUT2D eigenvalue weighted by atomic mass is 16.5. The van der Waals surface area contributed by atoms with Crippen LogP contribution in [-0.4, -0.2) is 51.1 Å². The molecule has 0 bridgehead atoms. The number of carbonyl (C=O) groups excluding carboxylic acids is 2. The molecule has 2 N–H and O–H groups in total. The van der Waals surface area contributed by atoms with E-state index in [0.717, 1.165) is 36.4 Å². The van der Waals surface area contributed by atoms with Gasteiger partial charge in [-0.15, -0.1) is 0 Å². The highest BCUT2D eigenvalue weighted by Crippen LogP contribution is 2.38. The van der Waals surface area contributed by atoms with E-state index in [0.29, 0.717) is 11.3 Å². The molecule has 2 aromatic rings. The summed E-state index contributed by atoms with van der Waals surface area (Å²) in [6, 6.07) is 12.8. The number of carbonyl (C=O) groups is 2. The van der Waals surface area contributed by atoms with Crippen LogP contribution < -0.4 is 20.1 Å². The third-order valence-electron chi connectivity index (χ3n) is 5.17. The second-order valence-electron chi connectivity index (χ2n) is 6.94. The zero-order valence-corrected chi connectivity index (χ0v) is 17.0. The molecule has 1 heterocycles. The summed E-state index contributed by atoms with van der Waals surface area (Å²) in [7, 11) is 4.86. The minimum absolute atomic E-state index is 0.0860. The first-order valence-corrected chi connectivity index (χ1v) is 9.63. The first-order valence-electron chi connectivity index (χ1n) is 9.63. The van der Waals surface area contributed by atoms with Crippen molar-refractivity contribution in [3.63, 3.8) is 0 Å². The summed E-state index contributed by atoms with van der Waals surface area (Å²) in [4.78, 5) is 26.4. The van der Waals surface area contributed by atoms with Crippen LogP contribution in [0.4, 0.5) is 5.69 Å². The van der Waals surface area contributed by atoms with Gasteiger partial charge in [-0.25, -0.2) is 0 Å². The maximum atomic E-state index is 12.6. The van der Waals surface area contributed by atoms with Gasteiger partial charge < -0.3 is 20.1 Å². The number of amides is 2. The molecule has 29 heavy (non-hydrogen) atoms. The number of rotatable bonds is 7. The Morgan fingerprint density at radius 2 is 1.86 bits per heavy atom. The number of anilines is 1. The molecule has 1 aliphatic heterocycles. The highest BCUT2D eigenvalue weighted by molar-refractivity contribution is 5.96. The molecule has 7 nitrogen and oxygen atoms in total. The van der Waals surface area contributed by atoms with Crippen LogP contribution >= 0.6 is 0 Å². The standard InChI is InChI=1S/C22H27N3O4/c1-23-22(27)15-6-8-16(9-7-15)24-21(26)14-25-12-4-5-19(25)18-11-10-17(28-2)13-20(18)29-3/h6-11,13,19H,4-5,12,14H2,1-3H3,(H,23,27)(H,24,26)/t19-/m0/s1. The molecular weight excluding hydrogens is 370 g/mol. The van der Waals surface area contributed by atoms with Gasteiger partial charge in [0.1, 0.15) is 11.5 Å². The summed E-state index contributed by atoms with van der Waals surface area (Å²) >= 11 is 0. The van der Waals surface area contributed by atoms with Gasteiger partial charge in [0.2, 0.25) is 5.91 Å². The van der Waals surface area contributed by atoms with Crippen molar-refractivity contribution >= 4 is 17.5 Å². The molecule has 3 rings (SSSR count). The van der Waals surface area contributed by atoms with Gasteiger partial charge in [0.25, 0.3) is 5.91 Å². The number of nitrogens with one attached hydrogen (secondary N) is 2. The molecule has 2 amide bonds. The lowest BCUT2D eigenvalue weighted by Gasteiger charge is -2.26. The van der Waals surface area contributed by atoms with E-state index >= 15 is 0 Å². The minimum atomic E-state index is -0.156. The van der Waals surface area contributed by atoms with Crippen molar-refractivity contribution in [3.8, 4) is 11.5 Å². The van der Waals surface area contributed by atoms with Crippen LogP contribution in [0.5, 0.6) is 11.5 Å². The van der Waals surface area contributed by atoms with Crippen molar-refractivity contribution in [2.45, 2.75) is 18.9 Å². The summed E-state index contributed by atoms with van der Waals surface area (Å²) in [5.74, 6) is 1.27. The van der Waals surface area contributed by atoms with E-state index in [-0.39, 0.29) is 24.4 Å². The predicted octanol–water partition coefficient (Wildman–Crippen LogP) is 2.84. The molecule has 1 atom stereocenters. The fourth-order valence-electron chi connectivity index (χ4n) is 3.70. The number of likely N-dealkylation sites (tertiary alicyclic amines) is 1. The Morgan fingerprint density at radius 3 is 2.52 bits per heavy atom. The summed E-state index contributed by atoms with van der Waals surface area (Å²) in [5.41, 5.74) is 2.28. The number of methoxy groups -OCH3 is 2. The summed E-state index contributed by atoms with van der Waals surface area (Å²) in [6.45, 7) is 1.14. The van der Waals surface area contributed by atoms with Gasteiger partial charge in [0, 0.05) is 36.0 Å². The normalized spacial score (nSPS) is 16.3. The number of hydrogen-bond donors (Lipinski definition) is 2. The fraction of sp³-hybridized carbons (Fsp3) is 0.364. The van der Waals surface area contributed by atoms with Gasteiger partial charge in [-0.1, -0.05) is 6.07 Å². The molecule has 0 unspecified atom stereocenters. The molecule has 0 radical (unpaired) electrons. The van der Waals surface area contributed by atoms with Crippen molar-refractivity contribution in [1.82, 2.24) is 10.2 Å². The van der Waals surface area contributed by atoms with Gasteiger partial charge in [-0.2, -0.15) is 0 Å². The predicted molar refractivity (Wildman–Crippen MR) is 112 cm³/mol. The summed E-state index contributed by atoms with van der Waals surface area (Å²) < 4.78 is 10.8. The molecule has 0 aliphatic carbocycles. The van der Waals surface area contributed by atoms with E-state index in [1.165, 1.54) is 0 Å². The first kappa shape index (κ1) is 20.7. The van der Waals surface area contributed by atoms with Crippen molar-refractivity contribution in [3.05, 3.63) is 53.6 Å². The topological polar surface area (TPSA) is 79.9 Å². The lowest BCUT2D eigenvalue weighted by atomic mass is 10.0. The van der Waals surface area contributed by atoms with Gasteiger partial charge in [0.15, 0.2) is 0 Å². The van der Waals surface area contributed by atoms with E-state index in [9.17, 15) is 9.59 Å². The number of ether oxygens (including phenoxy) is 2. The molecule has 1 saturated heterocycles. The smallest absolute Gasteiger partial charge is 0.251 e. The van der Waals surface area contributed by atoms with E-state index < -0.39 is 0 Å². The van der Waals surface area contributed by atoms with E-state index in [4.69, 9.17) is 9.47 Å². The Labute approximate surface area is 171 Å². The summed E-state index contributed by atoms with van der Waals surface area (Å²) in [5, 5.41) is 5.48. The van der Waals surface area contributed by atoms with Gasteiger partial charge >= 0.3 is 0 Å². The molecular formula is C22H27N3O4. The van der Waals surface area contributed by atoms with Crippen molar-refractivity contribution in [2.24, 2.45) is 0 Å². The molecule has 2 aromatic carbocycles. The lowest BCUT2D eigenvalue weighted by molar-refractivity contribution is -0.117. The Morgan fingerprint density at radius 1 is 1.10 bits per heavy atom. The zero-order chi connectivity index (χ0) is 20.8. The van der Waals surface area contributed by atoms with Crippen molar-refractivity contribution in [1.29, 1.82) is 0 Å². The van der Waals surface area contributed by atoms with E-state index in [1.54, 1.807) is 45.5 Å². The van der Waals surface area contributed by atoms with Gasteiger partial charge in [-0.05, 0) is 49.7 Å². The number of nitrogens with zero attached hydrogens (tertiary/aromatic N) is 1. The SMILES string of the molecule is CNC(=O)c1ccc(NC(=O)CN2CCC[C@H]2c2ccc(OC)cc2OC)cc1. The van der Waals surface area contributed by atoms with Crippen LogP contribution in [0.25, 0.3) is 0 Å². The molecule has 1 aliphatic rings. The van der Waals surface area contributed by atoms with Gasteiger partial charge in [0.05, 0.1) is 20.8 Å². The second-order valence-corrected chi connectivity index (χ2v) is 6.94. The second kappa shape index (κ2) is 9.43. The largest absolute Gasteiger partial charge is 0.497 e. The fourth-order valence-corrected chi connectivity index (χ4v) is 3.70. The quantitative estimate of drug-likeness (QED) is 0.751. The summed E-state index contributed by atoms with van der Waals surface area (Å²) in [6.07, 6.45) is 1.99. The molecule has 0 aromatic heterocycles. The minimum Gasteiger partial charge on any atom is -0.497 e.